The Kier molecular flexibility index (Phi) is 10.2. The molecule has 33 heavy (non-hydrogen) atoms. The molecule has 0 aromatic carbocycles. The van der Waals surface area contributed by atoms with E-state index in [9.17, 15) is 9.59 Å². The van der Waals surface area contributed by atoms with Gasteiger partial charge >= 0.3 is 0 Å². The van der Waals surface area contributed by atoms with E-state index in [4.69, 9.17) is 15.1 Å². The smallest absolute Gasteiger partial charge is 0.261 e. The van der Waals surface area contributed by atoms with Gasteiger partial charge in [-0.2, -0.15) is 0 Å². The van der Waals surface area contributed by atoms with Crippen LogP contribution >= 0.6 is 0 Å². The molecule has 4 N–H and O–H groups in total. The number of nitrogens with one attached hydrogen (secondary N) is 2. The average molecular weight is 459 g/mol. The summed E-state index contributed by atoms with van der Waals surface area (Å²) >= 11 is 0. The number of hydrogen-bond acceptors (Lipinski definition) is 9. The Bertz CT molecular complexity index is 1120. The van der Waals surface area contributed by atoms with Gasteiger partial charge in [-0.1, -0.05) is 0 Å². The maximum atomic E-state index is 12.6. The number of pyridine rings is 2. The van der Waals surface area contributed by atoms with Gasteiger partial charge < -0.3 is 30.2 Å². The van der Waals surface area contributed by atoms with E-state index in [0.717, 1.165) is 49.2 Å². The van der Waals surface area contributed by atoms with Crippen LogP contribution in [0.2, 0.25) is 0 Å². The van der Waals surface area contributed by atoms with Crippen LogP contribution in [0.25, 0.3) is 22.1 Å². The van der Waals surface area contributed by atoms with Gasteiger partial charge in [0.1, 0.15) is 18.5 Å². The lowest BCUT2D eigenvalue weighted by molar-refractivity contribution is -0.114. The predicted molar refractivity (Wildman–Crippen MR) is 127 cm³/mol. The van der Waals surface area contributed by atoms with Crippen molar-refractivity contribution in [1.82, 2.24) is 14.9 Å². The summed E-state index contributed by atoms with van der Waals surface area (Å²) in [5.41, 5.74) is 8.03. The number of anilines is 1. The number of aryl methyl sites for hydroxylation is 2. The molecular weight excluding hydrogens is 428 g/mol. The number of nitrogens with two attached hydrogens (primary N) is 1. The first-order valence-electron chi connectivity index (χ1n) is 10.5. The zero-order valence-electron chi connectivity index (χ0n) is 19.1. The second-order valence-corrected chi connectivity index (χ2v) is 7.31. The van der Waals surface area contributed by atoms with Gasteiger partial charge in [0.2, 0.25) is 5.91 Å². The van der Waals surface area contributed by atoms with Gasteiger partial charge in [-0.3, -0.25) is 14.6 Å². The number of unbranched alkanes of at least 4 members (excludes halogenated alkanes) is 1. The highest BCUT2D eigenvalue weighted by Gasteiger charge is 2.15. The molecule has 3 rings (SSSR count). The van der Waals surface area contributed by atoms with Crippen molar-refractivity contribution in [2.24, 2.45) is 18.1 Å². The van der Waals surface area contributed by atoms with E-state index in [1.165, 1.54) is 14.0 Å². The van der Waals surface area contributed by atoms with E-state index >= 15 is 0 Å². The zero-order chi connectivity index (χ0) is 24.2. The van der Waals surface area contributed by atoms with Crippen LogP contribution in [0.4, 0.5) is 5.69 Å². The Labute approximate surface area is 191 Å². The topological polar surface area (TPSA) is 154 Å². The minimum Gasteiger partial charge on any atom is -0.460 e. The van der Waals surface area contributed by atoms with E-state index in [-0.39, 0.29) is 11.5 Å². The Morgan fingerprint density at radius 3 is 2.70 bits per heavy atom. The first-order valence-corrected chi connectivity index (χ1v) is 10.5. The van der Waals surface area contributed by atoms with Crippen molar-refractivity contribution < 1.29 is 14.0 Å². The zero-order valence-corrected chi connectivity index (χ0v) is 19.1. The van der Waals surface area contributed by atoms with Crippen LogP contribution < -0.4 is 21.9 Å². The molecule has 0 aliphatic rings. The molecule has 0 unspecified atom stereocenters. The van der Waals surface area contributed by atoms with Crippen LogP contribution in [0.5, 0.6) is 0 Å². The van der Waals surface area contributed by atoms with Crippen molar-refractivity contribution >= 4 is 22.6 Å². The first-order chi connectivity index (χ1) is 15.9. The van der Waals surface area contributed by atoms with Gasteiger partial charge in [-0.25, -0.2) is 0 Å². The van der Waals surface area contributed by atoms with Crippen LogP contribution in [-0.4, -0.2) is 42.2 Å². The average Bonchev–Trinajstić information content (AvgIpc) is 3.23. The SMILES string of the molecule is CC(=O)Nc1cncc(-c2cn(C)c(=O)c3cc(CCCCNCCN)oc23)c1.CON=O. The fourth-order valence-electron chi connectivity index (χ4n) is 3.27. The van der Waals surface area contributed by atoms with Crippen LogP contribution in [0.3, 0.4) is 0 Å². The molecule has 0 atom stereocenters. The summed E-state index contributed by atoms with van der Waals surface area (Å²) in [6, 6.07) is 3.65. The second kappa shape index (κ2) is 13.1. The second-order valence-electron chi connectivity index (χ2n) is 7.31. The maximum Gasteiger partial charge on any atom is 0.261 e. The summed E-state index contributed by atoms with van der Waals surface area (Å²) in [5.74, 6) is 0.616. The summed E-state index contributed by atoms with van der Waals surface area (Å²) in [4.78, 5) is 40.5. The number of hydrogen-bond donors (Lipinski definition) is 3. The van der Waals surface area contributed by atoms with Crippen molar-refractivity contribution in [2.45, 2.75) is 26.2 Å². The van der Waals surface area contributed by atoms with Crippen LogP contribution in [0.15, 0.2) is 45.3 Å². The quantitative estimate of drug-likeness (QED) is 0.238. The maximum absolute atomic E-state index is 12.6. The number of amides is 1. The summed E-state index contributed by atoms with van der Waals surface area (Å²) in [5, 5.41) is 8.53. The molecule has 0 radical (unpaired) electrons. The van der Waals surface area contributed by atoms with Crippen molar-refractivity contribution in [1.29, 1.82) is 0 Å². The van der Waals surface area contributed by atoms with E-state index in [1.54, 1.807) is 30.2 Å². The van der Waals surface area contributed by atoms with E-state index in [1.807, 2.05) is 17.5 Å². The van der Waals surface area contributed by atoms with Crippen molar-refractivity contribution in [3.05, 3.63) is 51.7 Å². The molecule has 0 bridgehead atoms. The Balaban J connectivity index is 0.000000890. The predicted octanol–water partition coefficient (Wildman–Crippen LogP) is 2.34. The number of carbonyl (C=O) groups is 1. The molecule has 3 aromatic heterocycles. The Hall–Kier alpha value is -3.57. The summed E-state index contributed by atoms with van der Waals surface area (Å²) in [7, 11) is 2.92. The number of rotatable bonds is 10. The Morgan fingerprint density at radius 1 is 1.27 bits per heavy atom. The fraction of sp³-hybridized carbons (Fsp3) is 0.409. The number of carbonyl (C=O) groups excluding carboxylic acids is 1. The van der Waals surface area contributed by atoms with Crippen molar-refractivity contribution in [2.75, 3.05) is 32.1 Å². The van der Waals surface area contributed by atoms with Gasteiger partial charge in [-0.15, -0.1) is 4.91 Å². The molecule has 3 heterocycles. The molecule has 0 aliphatic heterocycles. The summed E-state index contributed by atoms with van der Waals surface area (Å²) in [6.45, 7) is 3.80. The first kappa shape index (κ1) is 25.7. The molecule has 3 aromatic rings. The molecule has 1 amide bonds. The molecule has 0 aliphatic carbocycles. The molecule has 0 spiro atoms. The van der Waals surface area contributed by atoms with Crippen LogP contribution in [0.1, 0.15) is 25.5 Å². The molecule has 0 fully saturated rings. The van der Waals surface area contributed by atoms with Gasteiger partial charge in [0.15, 0.2) is 5.34 Å². The minimum atomic E-state index is -0.171. The molecule has 11 nitrogen and oxygen atoms in total. The fourth-order valence-corrected chi connectivity index (χ4v) is 3.27. The van der Waals surface area contributed by atoms with E-state index in [2.05, 4.69) is 20.5 Å². The lowest BCUT2D eigenvalue weighted by Crippen LogP contribution is -2.23. The lowest BCUT2D eigenvalue weighted by atomic mass is 10.1. The third-order valence-corrected chi connectivity index (χ3v) is 4.69. The standard InChI is InChI=1S/C21H27N5O3.CH3NO2/c1-14(27)25-16-9-15(11-24-12-16)19-13-26(2)21(28)18-10-17(29-20(18)19)5-3-4-7-23-8-6-22;1-4-2-3/h9-13,23H,3-8,22H2,1-2H3,(H,25,27);1H3. The molecule has 0 saturated carbocycles. The monoisotopic (exact) mass is 458 g/mol. The normalized spacial score (nSPS) is 10.4. The van der Waals surface area contributed by atoms with Crippen molar-refractivity contribution in [3.8, 4) is 11.1 Å². The van der Waals surface area contributed by atoms with Crippen molar-refractivity contribution in [3.63, 3.8) is 0 Å². The lowest BCUT2D eigenvalue weighted by Gasteiger charge is -2.08. The van der Waals surface area contributed by atoms with E-state index < -0.39 is 0 Å². The van der Waals surface area contributed by atoms with Gasteiger partial charge in [0, 0.05) is 57.0 Å². The number of aromatic nitrogens is 2. The summed E-state index contributed by atoms with van der Waals surface area (Å²) < 4.78 is 7.61. The highest BCUT2D eigenvalue weighted by Crippen LogP contribution is 2.30. The van der Waals surface area contributed by atoms with Gasteiger partial charge in [0.25, 0.3) is 5.56 Å². The number of nitrogens with zero attached hydrogens (tertiary/aromatic N) is 3. The van der Waals surface area contributed by atoms with Crippen LogP contribution in [-0.2, 0) is 23.1 Å². The third-order valence-electron chi connectivity index (χ3n) is 4.69. The minimum absolute atomic E-state index is 0.102. The van der Waals surface area contributed by atoms with E-state index in [0.29, 0.717) is 23.2 Å². The molecule has 178 valence electrons. The Morgan fingerprint density at radius 2 is 2.03 bits per heavy atom. The van der Waals surface area contributed by atoms with Gasteiger partial charge in [-0.05, 0) is 31.5 Å². The highest BCUT2D eigenvalue weighted by molar-refractivity contribution is 5.94. The van der Waals surface area contributed by atoms with Gasteiger partial charge in [0.05, 0.1) is 17.3 Å². The molecule has 0 saturated heterocycles. The third kappa shape index (κ3) is 7.51. The molecule has 11 heteroatoms. The molecular formula is C22H30N6O5. The number of fused-ring (bicyclic) bond motifs is 1. The summed E-state index contributed by atoms with van der Waals surface area (Å²) in [6.07, 6.45) is 7.72. The highest BCUT2D eigenvalue weighted by atomic mass is 16.7. The van der Waals surface area contributed by atoms with Crippen LogP contribution in [0, 0.1) is 4.91 Å². The number of furan rings is 1. The largest absolute Gasteiger partial charge is 0.460 e.